The molecule has 1 saturated heterocycles. The van der Waals surface area contributed by atoms with Crippen molar-refractivity contribution < 1.29 is 9.18 Å². The molecule has 2 aromatic carbocycles. The van der Waals surface area contributed by atoms with Crippen molar-refractivity contribution in [3.05, 3.63) is 90.1 Å². The highest BCUT2D eigenvalue weighted by molar-refractivity contribution is 5.93. The fraction of sp³-hybridized carbons (Fsp3) is 0.208. The molecule has 1 atom stereocenters. The van der Waals surface area contributed by atoms with E-state index in [0.717, 1.165) is 35.5 Å². The van der Waals surface area contributed by atoms with Crippen molar-refractivity contribution in [2.75, 3.05) is 13.1 Å². The summed E-state index contributed by atoms with van der Waals surface area (Å²) in [5, 5.41) is 11.9. The van der Waals surface area contributed by atoms with E-state index in [1.54, 1.807) is 29.1 Å². The molecule has 4 aromatic rings. The highest BCUT2D eigenvalue weighted by Crippen LogP contribution is 2.29. The standard InChI is InChI=1S/C24H22FN5O/c25-19-10-8-17(9-11-19)21-15-22(28-27-21)18-5-4-14-29(16-18)24(31)23-12-13-26-30(23)20-6-2-1-3-7-20/h1-3,6-13,15,18H,4-5,14,16H2,(H,27,28)/t18-/m0/s1. The fourth-order valence-corrected chi connectivity index (χ4v) is 4.13. The van der Waals surface area contributed by atoms with Gasteiger partial charge in [0.2, 0.25) is 0 Å². The minimum atomic E-state index is -0.268. The van der Waals surface area contributed by atoms with Gasteiger partial charge in [0.15, 0.2) is 0 Å². The molecular formula is C24H22FN5O. The zero-order chi connectivity index (χ0) is 21.2. The van der Waals surface area contributed by atoms with Gasteiger partial charge in [0.05, 0.1) is 17.6 Å². The number of aromatic nitrogens is 4. The first kappa shape index (κ1) is 19.2. The van der Waals surface area contributed by atoms with Gasteiger partial charge in [-0.2, -0.15) is 10.2 Å². The number of likely N-dealkylation sites (tertiary alicyclic amines) is 1. The van der Waals surface area contributed by atoms with Crippen LogP contribution in [0.5, 0.6) is 0 Å². The predicted molar refractivity (Wildman–Crippen MR) is 115 cm³/mol. The molecule has 0 unspecified atom stereocenters. The first-order chi connectivity index (χ1) is 15.2. The van der Waals surface area contributed by atoms with E-state index in [2.05, 4.69) is 15.3 Å². The van der Waals surface area contributed by atoms with E-state index in [9.17, 15) is 9.18 Å². The van der Waals surface area contributed by atoms with E-state index in [-0.39, 0.29) is 17.6 Å². The van der Waals surface area contributed by atoms with Crippen molar-refractivity contribution in [2.45, 2.75) is 18.8 Å². The Hall–Kier alpha value is -3.74. The van der Waals surface area contributed by atoms with E-state index in [1.165, 1.54) is 12.1 Å². The summed E-state index contributed by atoms with van der Waals surface area (Å²) in [6.07, 6.45) is 3.55. The number of hydrogen-bond donors (Lipinski definition) is 1. The lowest BCUT2D eigenvalue weighted by molar-refractivity contribution is 0.0696. The Labute approximate surface area is 179 Å². The topological polar surface area (TPSA) is 66.8 Å². The van der Waals surface area contributed by atoms with Crippen LogP contribution in [-0.2, 0) is 0 Å². The highest BCUT2D eigenvalue weighted by atomic mass is 19.1. The average molecular weight is 415 g/mol. The predicted octanol–water partition coefficient (Wildman–Crippen LogP) is 4.42. The molecule has 31 heavy (non-hydrogen) atoms. The van der Waals surface area contributed by atoms with Crippen LogP contribution in [0.4, 0.5) is 4.39 Å². The lowest BCUT2D eigenvalue weighted by atomic mass is 9.94. The molecule has 3 heterocycles. The van der Waals surface area contributed by atoms with Crippen LogP contribution in [0.3, 0.4) is 0 Å². The van der Waals surface area contributed by atoms with Gasteiger partial charge in [-0.05, 0) is 61.4 Å². The molecule has 0 bridgehead atoms. The lowest BCUT2D eigenvalue weighted by Crippen LogP contribution is -2.40. The van der Waals surface area contributed by atoms with Crippen LogP contribution in [0.15, 0.2) is 72.9 Å². The van der Waals surface area contributed by atoms with Crippen molar-refractivity contribution in [3.63, 3.8) is 0 Å². The second kappa shape index (κ2) is 8.18. The fourth-order valence-electron chi connectivity index (χ4n) is 4.13. The van der Waals surface area contributed by atoms with Crippen molar-refractivity contribution in [2.24, 2.45) is 0 Å². The van der Waals surface area contributed by atoms with Crippen molar-refractivity contribution >= 4 is 5.91 Å². The SMILES string of the molecule is O=C(c1ccnn1-c1ccccc1)N1CCC[C@H](c2cc(-c3ccc(F)cc3)n[nH]2)C1. The largest absolute Gasteiger partial charge is 0.337 e. The Kier molecular flexibility index (Phi) is 5.08. The van der Waals surface area contributed by atoms with Gasteiger partial charge in [0.1, 0.15) is 11.5 Å². The molecular weight excluding hydrogens is 393 g/mol. The number of halogens is 1. The zero-order valence-electron chi connectivity index (χ0n) is 16.9. The monoisotopic (exact) mass is 415 g/mol. The second-order valence-corrected chi connectivity index (χ2v) is 7.77. The van der Waals surface area contributed by atoms with Gasteiger partial charge >= 0.3 is 0 Å². The van der Waals surface area contributed by atoms with Gasteiger partial charge in [-0.15, -0.1) is 0 Å². The van der Waals surface area contributed by atoms with Gasteiger partial charge in [0, 0.05) is 30.3 Å². The maximum atomic E-state index is 13.3. The molecule has 1 aliphatic rings. The molecule has 0 saturated carbocycles. The number of aromatic amines is 1. The van der Waals surface area contributed by atoms with Crippen molar-refractivity contribution in [3.8, 4) is 16.9 Å². The summed E-state index contributed by atoms with van der Waals surface area (Å²) >= 11 is 0. The third kappa shape index (κ3) is 3.86. The number of carbonyl (C=O) groups excluding carboxylic acids is 1. The Morgan fingerprint density at radius 3 is 2.68 bits per heavy atom. The first-order valence-electron chi connectivity index (χ1n) is 10.4. The van der Waals surface area contributed by atoms with Gasteiger partial charge in [-0.3, -0.25) is 9.89 Å². The molecule has 1 N–H and O–H groups in total. The van der Waals surface area contributed by atoms with Gasteiger partial charge in [-0.1, -0.05) is 18.2 Å². The Morgan fingerprint density at radius 2 is 1.87 bits per heavy atom. The molecule has 7 heteroatoms. The third-order valence-corrected chi connectivity index (χ3v) is 5.75. The molecule has 156 valence electrons. The molecule has 0 aliphatic carbocycles. The van der Waals surface area contributed by atoms with E-state index in [0.29, 0.717) is 18.8 Å². The van der Waals surface area contributed by atoms with Gasteiger partial charge in [0.25, 0.3) is 5.91 Å². The molecule has 0 radical (unpaired) electrons. The minimum Gasteiger partial charge on any atom is -0.337 e. The van der Waals surface area contributed by atoms with Crippen LogP contribution in [0.2, 0.25) is 0 Å². The number of nitrogens with zero attached hydrogens (tertiary/aromatic N) is 4. The summed E-state index contributed by atoms with van der Waals surface area (Å²) in [4.78, 5) is 15.2. The van der Waals surface area contributed by atoms with E-state index in [1.807, 2.05) is 41.3 Å². The molecule has 5 rings (SSSR count). The summed E-state index contributed by atoms with van der Waals surface area (Å²) in [5.41, 5.74) is 4.05. The third-order valence-electron chi connectivity index (χ3n) is 5.75. The highest BCUT2D eigenvalue weighted by Gasteiger charge is 2.28. The number of H-pyrrole nitrogens is 1. The smallest absolute Gasteiger partial charge is 0.272 e. The summed E-state index contributed by atoms with van der Waals surface area (Å²) in [7, 11) is 0. The van der Waals surface area contributed by atoms with Gasteiger partial charge < -0.3 is 4.90 Å². The van der Waals surface area contributed by atoms with Crippen molar-refractivity contribution in [1.82, 2.24) is 24.9 Å². The summed E-state index contributed by atoms with van der Waals surface area (Å²) in [6, 6.07) is 19.7. The Morgan fingerprint density at radius 1 is 1.06 bits per heavy atom. The summed E-state index contributed by atoms with van der Waals surface area (Å²) in [5.74, 6) is -0.118. The Balaban J connectivity index is 1.34. The first-order valence-corrected chi connectivity index (χ1v) is 10.4. The van der Waals surface area contributed by atoms with Crippen LogP contribution in [0.1, 0.15) is 34.9 Å². The number of amides is 1. The molecule has 1 fully saturated rings. The number of benzene rings is 2. The molecule has 1 aliphatic heterocycles. The van der Waals surface area contributed by atoms with Crippen LogP contribution >= 0.6 is 0 Å². The van der Waals surface area contributed by atoms with Crippen LogP contribution in [0.25, 0.3) is 16.9 Å². The molecule has 0 spiro atoms. The second-order valence-electron chi connectivity index (χ2n) is 7.77. The number of rotatable bonds is 4. The van der Waals surface area contributed by atoms with E-state index < -0.39 is 0 Å². The number of nitrogens with one attached hydrogen (secondary N) is 1. The van der Waals surface area contributed by atoms with E-state index >= 15 is 0 Å². The molecule has 6 nitrogen and oxygen atoms in total. The normalized spacial score (nSPS) is 16.4. The zero-order valence-corrected chi connectivity index (χ0v) is 16.9. The summed E-state index contributed by atoms with van der Waals surface area (Å²) in [6.45, 7) is 1.33. The van der Waals surface area contributed by atoms with Crippen LogP contribution in [-0.4, -0.2) is 43.9 Å². The van der Waals surface area contributed by atoms with Gasteiger partial charge in [-0.25, -0.2) is 9.07 Å². The van der Waals surface area contributed by atoms with E-state index in [4.69, 9.17) is 0 Å². The Bertz CT molecular complexity index is 1180. The average Bonchev–Trinajstić information content (AvgIpc) is 3.50. The number of para-hydroxylation sites is 1. The number of carbonyl (C=O) groups is 1. The maximum Gasteiger partial charge on any atom is 0.272 e. The molecule has 2 aromatic heterocycles. The van der Waals surface area contributed by atoms with Crippen molar-refractivity contribution in [1.29, 1.82) is 0 Å². The minimum absolute atomic E-state index is 0.0238. The maximum absolute atomic E-state index is 13.3. The lowest BCUT2D eigenvalue weighted by Gasteiger charge is -2.32. The quantitative estimate of drug-likeness (QED) is 0.537. The number of piperidine rings is 1. The van der Waals surface area contributed by atoms with Crippen LogP contribution < -0.4 is 0 Å². The number of hydrogen-bond acceptors (Lipinski definition) is 3. The molecule has 1 amide bonds. The van der Waals surface area contributed by atoms with Crippen LogP contribution in [0, 0.1) is 5.82 Å². The summed E-state index contributed by atoms with van der Waals surface area (Å²) < 4.78 is 14.9.